The van der Waals surface area contributed by atoms with E-state index in [1.165, 1.54) is 6.07 Å². The van der Waals surface area contributed by atoms with Crippen LogP contribution >= 0.6 is 0 Å². The van der Waals surface area contributed by atoms with E-state index in [2.05, 4.69) is 49.5 Å². The fraction of sp³-hybridized carbons (Fsp3) is 0.262. The minimum atomic E-state index is -2.21. The number of rotatable bonds is 13. The maximum atomic E-state index is 12.1. The summed E-state index contributed by atoms with van der Waals surface area (Å²) in [5.41, 5.74) is 6.74. The van der Waals surface area contributed by atoms with Gasteiger partial charge in [-0.15, -0.1) is 0 Å². The van der Waals surface area contributed by atoms with E-state index in [0.717, 1.165) is 44.3 Å². The molecule has 0 unspecified atom stereocenters. The summed E-state index contributed by atoms with van der Waals surface area (Å²) in [6.07, 6.45) is 3.88. The number of nitrogens with zero attached hydrogens (tertiary/aromatic N) is 1. The summed E-state index contributed by atoms with van der Waals surface area (Å²) in [6.45, 7) is 12.1. The van der Waals surface area contributed by atoms with Crippen LogP contribution in [0.1, 0.15) is 55.9 Å². The number of anilines is 1. The summed E-state index contributed by atoms with van der Waals surface area (Å²) in [5, 5.41) is 26.7. The van der Waals surface area contributed by atoms with Crippen molar-refractivity contribution in [1.82, 2.24) is 15.3 Å². The van der Waals surface area contributed by atoms with Crippen LogP contribution < -0.4 is 16.2 Å². The van der Waals surface area contributed by atoms with E-state index >= 15 is 0 Å². The third-order valence-electron chi connectivity index (χ3n) is 9.86. The first-order valence-electron chi connectivity index (χ1n) is 17.8. The molecule has 0 aliphatic heterocycles. The molecule has 0 fully saturated rings. The topological polar surface area (TPSA) is 150 Å². The minimum absolute atomic E-state index is 0.0190. The van der Waals surface area contributed by atoms with Crippen LogP contribution in [0, 0.1) is 0 Å². The predicted octanol–water partition coefficient (Wildman–Crippen LogP) is 9.63. The van der Waals surface area contributed by atoms with Gasteiger partial charge < -0.3 is 29.4 Å². The monoisotopic (exact) mass is 730 g/mol. The molecule has 1 atom stereocenters. The lowest BCUT2D eigenvalue weighted by molar-refractivity contribution is 0.181. The van der Waals surface area contributed by atoms with E-state index in [4.69, 9.17) is 13.8 Å². The molecule has 11 heteroatoms. The highest BCUT2D eigenvalue weighted by atomic mass is 28.4. The summed E-state index contributed by atoms with van der Waals surface area (Å²) >= 11 is 0. The van der Waals surface area contributed by atoms with Crippen LogP contribution in [0.5, 0.6) is 5.75 Å². The summed E-state index contributed by atoms with van der Waals surface area (Å²) in [7, 11) is -2.21. The molecular formula is C42H46N4O6Si. The van der Waals surface area contributed by atoms with Gasteiger partial charge in [0.1, 0.15) is 11.3 Å². The largest absolute Gasteiger partial charge is 0.506 e. The Kier molecular flexibility index (Phi) is 11.0. The number of aromatic nitrogens is 2. The fourth-order valence-electron chi connectivity index (χ4n) is 6.05. The highest BCUT2D eigenvalue weighted by molar-refractivity contribution is 6.74. The lowest BCUT2D eigenvalue weighted by atomic mass is 10.0. The quantitative estimate of drug-likeness (QED) is 0.0738. The molecule has 2 heterocycles. The first-order chi connectivity index (χ1) is 25.3. The first kappa shape index (κ1) is 37.3. The van der Waals surface area contributed by atoms with Gasteiger partial charge in [0.2, 0.25) is 5.56 Å². The van der Waals surface area contributed by atoms with Crippen molar-refractivity contribution in [1.29, 1.82) is 0 Å². The van der Waals surface area contributed by atoms with E-state index in [1.807, 2.05) is 84.9 Å². The number of phenols is 1. The van der Waals surface area contributed by atoms with Crippen molar-refractivity contribution in [2.75, 3.05) is 11.9 Å². The number of phenolic OH excluding ortho intramolecular Hbond substituents is 1. The first-order valence-corrected chi connectivity index (χ1v) is 20.7. The van der Waals surface area contributed by atoms with Crippen molar-refractivity contribution in [3.05, 3.63) is 130 Å². The molecule has 274 valence electrons. The molecule has 0 spiro atoms. The van der Waals surface area contributed by atoms with Crippen LogP contribution in [0.4, 0.5) is 10.5 Å². The second-order valence-corrected chi connectivity index (χ2v) is 19.5. The van der Waals surface area contributed by atoms with Gasteiger partial charge >= 0.3 is 6.09 Å². The number of aryl methyl sites for hydroxylation is 1. The molecule has 0 saturated heterocycles. The summed E-state index contributed by atoms with van der Waals surface area (Å²) in [5.74, 6) is 0.664. The third-order valence-corrected chi connectivity index (χ3v) is 14.3. The molecule has 4 aromatic carbocycles. The highest BCUT2D eigenvalue weighted by Gasteiger charge is 2.39. The molecule has 6 aromatic rings. The molecular weight excluding hydrogens is 685 g/mol. The molecule has 0 radical (unpaired) electrons. The van der Waals surface area contributed by atoms with Crippen molar-refractivity contribution in [3.63, 3.8) is 0 Å². The van der Waals surface area contributed by atoms with Gasteiger partial charge in [0.25, 0.3) is 0 Å². The predicted molar refractivity (Wildman–Crippen MR) is 214 cm³/mol. The van der Waals surface area contributed by atoms with Gasteiger partial charge in [-0.2, -0.15) is 0 Å². The van der Waals surface area contributed by atoms with Crippen molar-refractivity contribution in [3.8, 4) is 16.9 Å². The van der Waals surface area contributed by atoms with E-state index in [0.29, 0.717) is 43.0 Å². The normalized spacial score (nSPS) is 12.8. The number of fused-ring (bicyclic) bond motifs is 2. The van der Waals surface area contributed by atoms with E-state index in [-0.39, 0.29) is 22.5 Å². The smallest absolute Gasteiger partial charge is 0.409 e. The number of aromatic amines is 1. The molecule has 0 aliphatic rings. The van der Waals surface area contributed by atoms with Crippen LogP contribution in [-0.4, -0.2) is 41.1 Å². The number of carbonyl (C=O) groups is 1. The molecule has 1 amide bonds. The Hall–Kier alpha value is -5.49. The van der Waals surface area contributed by atoms with Gasteiger partial charge in [-0.05, 0) is 77.1 Å². The number of H-pyrrole nitrogens is 1. The van der Waals surface area contributed by atoms with E-state index in [1.54, 1.807) is 12.1 Å². The Bertz CT molecular complexity index is 2320. The van der Waals surface area contributed by atoms with Crippen LogP contribution in [0.25, 0.3) is 39.2 Å². The SMILES string of the molecule is CC(C)(C)[Si](C)(C)O[C@@H](CNCc1ccc2oc(CC/C=C/c3ccc(-c4ccccc4)c(NC(=O)O)c3)nc2c1)c1ccc(O)c2[nH]c(=O)ccc12. The van der Waals surface area contributed by atoms with Gasteiger partial charge in [0, 0.05) is 36.5 Å². The van der Waals surface area contributed by atoms with Crippen LogP contribution in [0.2, 0.25) is 18.1 Å². The number of oxazole rings is 1. The van der Waals surface area contributed by atoms with Gasteiger partial charge in [-0.25, -0.2) is 9.78 Å². The number of pyridine rings is 1. The Morgan fingerprint density at radius 3 is 2.57 bits per heavy atom. The van der Waals surface area contributed by atoms with Gasteiger partial charge in [0.15, 0.2) is 19.8 Å². The fourth-order valence-corrected chi connectivity index (χ4v) is 7.33. The van der Waals surface area contributed by atoms with Crippen LogP contribution in [-0.2, 0) is 17.4 Å². The number of carboxylic acid groups (broad SMARTS) is 1. The molecule has 0 saturated carbocycles. The zero-order valence-electron chi connectivity index (χ0n) is 30.7. The number of nitrogens with one attached hydrogen (secondary N) is 3. The van der Waals surface area contributed by atoms with Crippen molar-refractivity contribution < 1.29 is 23.9 Å². The average Bonchev–Trinajstić information content (AvgIpc) is 3.52. The number of hydrogen-bond donors (Lipinski definition) is 5. The Morgan fingerprint density at radius 2 is 1.81 bits per heavy atom. The standard InChI is InChI=1S/C42H46N4O6Si/c1-42(2,3)53(4,5)52-37(31-18-20-35(47)40-32(31)19-22-38(48)46-40)26-43-25-28-16-21-36-34(24-28)44-39(51-36)14-10-9-11-27-15-17-30(29-12-7-6-8-13-29)33(23-27)45-41(49)50/h6-9,11-13,15-24,37,43,45,47H,10,14,25-26H2,1-5H3,(H,46,48)(H,49,50)/b11-9+/t37-/m0/s1. The third kappa shape index (κ3) is 8.94. The maximum Gasteiger partial charge on any atom is 0.409 e. The average molecular weight is 731 g/mol. The van der Waals surface area contributed by atoms with Crippen molar-refractivity contribution >= 4 is 48.2 Å². The van der Waals surface area contributed by atoms with Crippen LogP contribution in [0.15, 0.2) is 106 Å². The second-order valence-electron chi connectivity index (χ2n) is 14.7. The molecule has 2 aromatic heterocycles. The number of benzene rings is 4. The molecule has 5 N–H and O–H groups in total. The Labute approximate surface area is 309 Å². The minimum Gasteiger partial charge on any atom is -0.506 e. The Morgan fingerprint density at radius 1 is 1.02 bits per heavy atom. The van der Waals surface area contributed by atoms with E-state index in [9.17, 15) is 19.8 Å². The highest BCUT2D eigenvalue weighted by Crippen LogP contribution is 2.41. The molecule has 10 nitrogen and oxygen atoms in total. The zero-order chi connectivity index (χ0) is 37.8. The second kappa shape index (κ2) is 15.6. The number of hydrogen-bond acceptors (Lipinski definition) is 7. The number of amides is 1. The summed E-state index contributed by atoms with van der Waals surface area (Å²) in [4.78, 5) is 31.1. The lowest BCUT2D eigenvalue weighted by Crippen LogP contribution is -2.43. The van der Waals surface area contributed by atoms with Gasteiger partial charge in [-0.3, -0.25) is 10.1 Å². The van der Waals surface area contributed by atoms with Gasteiger partial charge in [0.05, 0.1) is 17.3 Å². The molecule has 0 bridgehead atoms. The molecule has 6 rings (SSSR count). The maximum absolute atomic E-state index is 12.1. The zero-order valence-corrected chi connectivity index (χ0v) is 31.7. The Balaban J connectivity index is 1.11. The van der Waals surface area contributed by atoms with Crippen molar-refractivity contribution in [2.45, 2.75) is 64.4 Å². The van der Waals surface area contributed by atoms with Crippen molar-refractivity contribution in [2.24, 2.45) is 0 Å². The van der Waals surface area contributed by atoms with E-state index < -0.39 is 14.4 Å². The summed E-state index contributed by atoms with van der Waals surface area (Å²) < 4.78 is 13.0. The lowest BCUT2D eigenvalue weighted by Gasteiger charge is -2.39. The van der Waals surface area contributed by atoms with Crippen LogP contribution in [0.3, 0.4) is 0 Å². The molecule has 53 heavy (non-hydrogen) atoms. The number of allylic oxidation sites excluding steroid dienone is 1. The molecule has 0 aliphatic carbocycles. The van der Waals surface area contributed by atoms with Gasteiger partial charge in [-0.1, -0.05) is 87.5 Å². The number of aromatic hydroxyl groups is 1. The summed E-state index contributed by atoms with van der Waals surface area (Å²) in [6, 6.07) is 28.1.